The van der Waals surface area contributed by atoms with Crippen molar-refractivity contribution in [3.05, 3.63) is 0 Å². The summed E-state index contributed by atoms with van der Waals surface area (Å²) in [5.74, 6) is -0.845. The standard InChI is InChI=1S/C13H20N2O3/c1-12(2)8-5-6-13(12,3)11(18)15(10(8)17)7-9(16)14-4/h8H,5-7H2,1-4H3,(H,14,16). The van der Waals surface area contributed by atoms with E-state index in [-0.39, 0.29) is 35.6 Å². The van der Waals surface area contributed by atoms with E-state index in [1.807, 2.05) is 20.8 Å². The van der Waals surface area contributed by atoms with E-state index >= 15 is 0 Å². The number of amides is 3. The molecule has 18 heavy (non-hydrogen) atoms. The first-order valence-corrected chi connectivity index (χ1v) is 6.32. The quantitative estimate of drug-likeness (QED) is 0.730. The molecular formula is C13H20N2O3. The molecule has 2 fully saturated rings. The SMILES string of the molecule is CNC(=O)CN1C(=O)C2CCC(C)(C1=O)C2(C)C. The zero-order valence-electron chi connectivity index (χ0n) is 11.4. The molecular weight excluding hydrogens is 232 g/mol. The number of fused-ring (bicyclic) bond motifs is 2. The van der Waals surface area contributed by atoms with E-state index in [9.17, 15) is 14.4 Å². The van der Waals surface area contributed by atoms with Gasteiger partial charge in [-0.2, -0.15) is 0 Å². The number of piperidine rings is 1. The van der Waals surface area contributed by atoms with Gasteiger partial charge in [-0.25, -0.2) is 0 Å². The van der Waals surface area contributed by atoms with Crippen LogP contribution in [-0.2, 0) is 14.4 Å². The molecule has 2 aliphatic rings. The zero-order chi connectivity index (χ0) is 13.7. The molecule has 3 amide bonds. The van der Waals surface area contributed by atoms with Gasteiger partial charge in [0.15, 0.2) is 0 Å². The maximum atomic E-state index is 12.5. The number of hydrogen-bond donors (Lipinski definition) is 1. The van der Waals surface area contributed by atoms with Crippen LogP contribution in [0.4, 0.5) is 0 Å². The molecule has 1 saturated heterocycles. The van der Waals surface area contributed by atoms with Crippen LogP contribution in [-0.4, -0.2) is 36.2 Å². The second-order valence-electron chi connectivity index (χ2n) is 6.05. The van der Waals surface area contributed by atoms with E-state index in [1.165, 1.54) is 7.05 Å². The summed E-state index contributed by atoms with van der Waals surface area (Å²) >= 11 is 0. The molecule has 2 atom stereocenters. The second-order valence-corrected chi connectivity index (χ2v) is 6.05. The molecule has 0 radical (unpaired) electrons. The Kier molecular flexibility index (Phi) is 2.76. The van der Waals surface area contributed by atoms with Crippen LogP contribution in [0, 0.1) is 16.7 Å². The lowest BCUT2D eigenvalue weighted by atomic mass is 9.62. The first-order valence-electron chi connectivity index (χ1n) is 6.32. The lowest BCUT2D eigenvalue weighted by Crippen LogP contribution is -2.60. The van der Waals surface area contributed by atoms with Crippen molar-refractivity contribution in [2.45, 2.75) is 33.6 Å². The van der Waals surface area contributed by atoms with Gasteiger partial charge in [-0.15, -0.1) is 0 Å². The number of carbonyl (C=O) groups excluding carboxylic acids is 3. The maximum absolute atomic E-state index is 12.5. The van der Waals surface area contributed by atoms with E-state index in [0.717, 1.165) is 17.7 Å². The number of carbonyl (C=O) groups is 3. The Hall–Kier alpha value is -1.39. The Morgan fingerprint density at radius 2 is 2.00 bits per heavy atom. The molecule has 5 nitrogen and oxygen atoms in total. The minimum atomic E-state index is -0.528. The number of hydrogen-bond acceptors (Lipinski definition) is 3. The Balaban J connectivity index is 2.36. The Morgan fingerprint density at radius 3 is 2.56 bits per heavy atom. The van der Waals surface area contributed by atoms with Gasteiger partial charge in [-0.3, -0.25) is 19.3 Å². The number of nitrogens with zero attached hydrogens (tertiary/aromatic N) is 1. The zero-order valence-corrected chi connectivity index (χ0v) is 11.4. The van der Waals surface area contributed by atoms with Gasteiger partial charge in [0.2, 0.25) is 17.7 Å². The summed E-state index contributed by atoms with van der Waals surface area (Å²) in [6.45, 7) is 5.73. The summed E-state index contributed by atoms with van der Waals surface area (Å²) in [5, 5.41) is 2.45. The Bertz CT molecular complexity index is 430. The van der Waals surface area contributed by atoms with Crippen molar-refractivity contribution < 1.29 is 14.4 Å². The lowest BCUT2D eigenvalue weighted by Gasteiger charge is -2.47. The van der Waals surface area contributed by atoms with Crippen LogP contribution in [0.25, 0.3) is 0 Å². The third-order valence-corrected chi connectivity index (χ3v) is 5.09. The van der Waals surface area contributed by atoms with Crippen molar-refractivity contribution in [3.63, 3.8) is 0 Å². The minimum Gasteiger partial charge on any atom is -0.358 e. The number of imide groups is 1. The van der Waals surface area contributed by atoms with E-state index in [0.29, 0.717) is 0 Å². The molecule has 0 spiro atoms. The smallest absolute Gasteiger partial charge is 0.239 e. The molecule has 5 heteroatoms. The van der Waals surface area contributed by atoms with Crippen LogP contribution in [0.5, 0.6) is 0 Å². The van der Waals surface area contributed by atoms with Crippen LogP contribution >= 0.6 is 0 Å². The summed E-state index contributed by atoms with van der Waals surface area (Å²) < 4.78 is 0. The molecule has 2 rings (SSSR count). The molecule has 2 unspecified atom stereocenters. The van der Waals surface area contributed by atoms with Crippen molar-refractivity contribution in [1.82, 2.24) is 10.2 Å². The van der Waals surface area contributed by atoms with Gasteiger partial charge in [0.05, 0.1) is 5.41 Å². The highest BCUT2D eigenvalue weighted by Crippen LogP contribution is 2.59. The van der Waals surface area contributed by atoms with Crippen LogP contribution in [0.2, 0.25) is 0 Å². The van der Waals surface area contributed by atoms with Gasteiger partial charge in [0.25, 0.3) is 0 Å². The topological polar surface area (TPSA) is 66.5 Å². The Morgan fingerprint density at radius 1 is 1.39 bits per heavy atom. The first kappa shape index (κ1) is 13.1. The van der Waals surface area contributed by atoms with E-state index in [4.69, 9.17) is 0 Å². The van der Waals surface area contributed by atoms with E-state index in [2.05, 4.69) is 5.32 Å². The highest BCUT2D eigenvalue weighted by Gasteiger charge is 2.64. The van der Waals surface area contributed by atoms with E-state index in [1.54, 1.807) is 0 Å². The van der Waals surface area contributed by atoms with Gasteiger partial charge >= 0.3 is 0 Å². The van der Waals surface area contributed by atoms with Crippen molar-refractivity contribution in [2.75, 3.05) is 13.6 Å². The normalized spacial score (nSPS) is 33.8. The average molecular weight is 252 g/mol. The van der Waals surface area contributed by atoms with Gasteiger partial charge in [-0.05, 0) is 18.3 Å². The fraction of sp³-hybridized carbons (Fsp3) is 0.769. The summed E-state index contributed by atoms with van der Waals surface area (Å²) in [7, 11) is 1.50. The number of nitrogens with one attached hydrogen (secondary N) is 1. The van der Waals surface area contributed by atoms with Gasteiger partial charge in [0.1, 0.15) is 6.54 Å². The molecule has 1 N–H and O–H groups in total. The fourth-order valence-electron chi connectivity index (χ4n) is 3.27. The predicted octanol–water partition coefficient (Wildman–Crippen LogP) is 0.544. The van der Waals surface area contributed by atoms with Gasteiger partial charge in [-0.1, -0.05) is 20.8 Å². The summed E-state index contributed by atoms with van der Waals surface area (Å²) in [6.07, 6.45) is 1.46. The van der Waals surface area contributed by atoms with Crippen LogP contribution in [0.3, 0.4) is 0 Å². The van der Waals surface area contributed by atoms with Crippen molar-refractivity contribution >= 4 is 17.7 Å². The molecule has 0 aromatic carbocycles. The molecule has 2 bridgehead atoms. The summed E-state index contributed by atoms with van der Waals surface area (Å²) in [6, 6.07) is 0. The first-order chi connectivity index (χ1) is 8.25. The van der Waals surface area contributed by atoms with Crippen LogP contribution in [0.15, 0.2) is 0 Å². The summed E-state index contributed by atoms with van der Waals surface area (Å²) in [4.78, 5) is 37.4. The fourth-order valence-corrected chi connectivity index (χ4v) is 3.27. The van der Waals surface area contributed by atoms with Crippen LogP contribution in [0.1, 0.15) is 33.6 Å². The third kappa shape index (κ3) is 1.42. The second kappa shape index (κ2) is 3.80. The van der Waals surface area contributed by atoms with Crippen molar-refractivity contribution in [3.8, 4) is 0 Å². The molecule has 1 heterocycles. The summed E-state index contributed by atoms with van der Waals surface area (Å²) in [5.41, 5.74) is -0.847. The monoisotopic (exact) mass is 252 g/mol. The molecule has 0 aromatic heterocycles. The maximum Gasteiger partial charge on any atom is 0.239 e. The molecule has 1 aliphatic carbocycles. The molecule has 100 valence electrons. The molecule has 0 aromatic rings. The molecule has 1 saturated carbocycles. The predicted molar refractivity (Wildman–Crippen MR) is 65.4 cm³/mol. The van der Waals surface area contributed by atoms with Crippen LogP contribution < -0.4 is 5.32 Å². The van der Waals surface area contributed by atoms with Gasteiger partial charge in [0, 0.05) is 13.0 Å². The lowest BCUT2D eigenvalue weighted by molar-refractivity contribution is -0.169. The largest absolute Gasteiger partial charge is 0.358 e. The number of likely N-dealkylation sites (N-methyl/N-ethyl adjacent to an activating group) is 1. The Labute approximate surface area is 107 Å². The minimum absolute atomic E-state index is 0.148. The number of likely N-dealkylation sites (tertiary alicyclic amines) is 1. The van der Waals surface area contributed by atoms with Crippen molar-refractivity contribution in [1.29, 1.82) is 0 Å². The van der Waals surface area contributed by atoms with E-state index < -0.39 is 5.41 Å². The number of rotatable bonds is 2. The molecule has 1 aliphatic heterocycles. The van der Waals surface area contributed by atoms with Gasteiger partial charge < -0.3 is 5.32 Å². The van der Waals surface area contributed by atoms with Crippen molar-refractivity contribution in [2.24, 2.45) is 16.7 Å². The highest BCUT2D eigenvalue weighted by molar-refractivity contribution is 6.06. The third-order valence-electron chi connectivity index (χ3n) is 5.09. The highest BCUT2D eigenvalue weighted by atomic mass is 16.2. The average Bonchev–Trinajstić information content (AvgIpc) is 2.50.